The Balaban J connectivity index is 3.00. The van der Waals surface area contributed by atoms with Gasteiger partial charge in [0.25, 0.3) is 0 Å². The SMILES string of the molecule is CCOC(=O)Cc1cc(Br)c(Cl)cc1C#N. The van der Waals surface area contributed by atoms with Crippen LogP contribution in [0.2, 0.25) is 5.02 Å². The molecule has 1 aromatic rings. The number of esters is 1. The zero-order valence-corrected chi connectivity index (χ0v) is 10.9. The molecule has 16 heavy (non-hydrogen) atoms. The average Bonchev–Trinajstić information content (AvgIpc) is 2.23. The quantitative estimate of drug-likeness (QED) is 0.806. The molecular weight excluding hydrogens is 293 g/mol. The van der Waals surface area contributed by atoms with E-state index in [4.69, 9.17) is 21.6 Å². The van der Waals surface area contributed by atoms with Crippen molar-refractivity contribution in [1.29, 1.82) is 5.26 Å². The van der Waals surface area contributed by atoms with Crippen molar-refractivity contribution in [2.45, 2.75) is 13.3 Å². The average molecular weight is 303 g/mol. The van der Waals surface area contributed by atoms with Crippen LogP contribution in [0.1, 0.15) is 18.1 Å². The molecule has 0 atom stereocenters. The minimum atomic E-state index is -0.353. The zero-order chi connectivity index (χ0) is 12.1. The Bertz CT molecular complexity index is 454. The Labute approximate surface area is 107 Å². The van der Waals surface area contributed by atoms with Gasteiger partial charge in [-0.15, -0.1) is 0 Å². The van der Waals surface area contributed by atoms with Gasteiger partial charge in [-0.2, -0.15) is 5.26 Å². The van der Waals surface area contributed by atoms with Crippen LogP contribution in [-0.2, 0) is 16.0 Å². The first kappa shape index (κ1) is 13.0. The molecular formula is C11H9BrClNO2. The number of benzene rings is 1. The molecule has 1 rings (SSSR count). The van der Waals surface area contributed by atoms with E-state index < -0.39 is 0 Å². The first-order chi connectivity index (χ1) is 7.58. The van der Waals surface area contributed by atoms with Crippen molar-refractivity contribution < 1.29 is 9.53 Å². The highest BCUT2D eigenvalue weighted by Gasteiger charge is 2.11. The van der Waals surface area contributed by atoms with Crippen LogP contribution in [0.25, 0.3) is 0 Å². The predicted octanol–water partition coefficient (Wildman–Crippen LogP) is 3.08. The van der Waals surface area contributed by atoms with Crippen LogP contribution in [0.5, 0.6) is 0 Å². The lowest BCUT2D eigenvalue weighted by Gasteiger charge is -2.06. The Morgan fingerprint density at radius 1 is 1.62 bits per heavy atom. The number of nitriles is 1. The second-order valence-corrected chi connectivity index (χ2v) is 4.28. The monoisotopic (exact) mass is 301 g/mol. The molecule has 0 unspecified atom stereocenters. The van der Waals surface area contributed by atoms with Crippen molar-refractivity contribution in [3.63, 3.8) is 0 Å². The van der Waals surface area contributed by atoms with E-state index in [1.165, 1.54) is 6.07 Å². The van der Waals surface area contributed by atoms with Gasteiger partial charge >= 0.3 is 5.97 Å². The van der Waals surface area contributed by atoms with Gasteiger partial charge in [0.2, 0.25) is 0 Å². The number of carbonyl (C=O) groups excluding carboxylic acids is 1. The highest BCUT2D eigenvalue weighted by atomic mass is 79.9. The molecule has 0 aliphatic rings. The molecule has 0 saturated carbocycles. The highest BCUT2D eigenvalue weighted by molar-refractivity contribution is 9.10. The minimum Gasteiger partial charge on any atom is -0.466 e. The van der Waals surface area contributed by atoms with Gasteiger partial charge in [0.05, 0.1) is 29.7 Å². The molecule has 0 heterocycles. The molecule has 0 amide bonds. The van der Waals surface area contributed by atoms with Crippen LogP contribution in [-0.4, -0.2) is 12.6 Å². The molecule has 0 spiro atoms. The van der Waals surface area contributed by atoms with E-state index in [-0.39, 0.29) is 12.4 Å². The maximum atomic E-state index is 11.3. The van der Waals surface area contributed by atoms with Crippen LogP contribution >= 0.6 is 27.5 Å². The maximum Gasteiger partial charge on any atom is 0.310 e. The molecule has 0 aromatic heterocycles. The molecule has 0 N–H and O–H groups in total. The summed E-state index contributed by atoms with van der Waals surface area (Å²) < 4.78 is 5.48. The summed E-state index contributed by atoms with van der Waals surface area (Å²) in [6.07, 6.45) is 0.0759. The summed E-state index contributed by atoms with van der Waals surface area (Å²) in [6, 6.07) is 5.19. The van der Waals surface area contributed by atoms with Crippen molar-refractivity contribution >= 4 is 33.5 Å². The van der Waals surface area contributed by atoms with Crippen molar-refractivity contribution in [2.24, 2.45) is 0 Å². The topological polar surface area (TPSA) is 50.1 Å². The van der Waals surface area contributed by atoms with Crippen molar-refractivity contribution in [2.75, 3.05) is 6.61 Å². The number of ether oxygens (including phenoxy) is 1. The van der Waals surface area contributed by atoms with E-state index in [0.717, 1.165) is 0 Å². The van der Waals surface area contributed by atoms with Crippen molar-refractivity contribution in [3.05, 3.63) is 32.8 Å². The Kier molecular flexibility index (Phi) is 4.78. The van der Waals surface area contributed by atoms with Crippen molar-refractivity contribution in [1.82, 2.24) is 0 Å². The fourth-order valence-corrected chi connectivity index (χ4v) is 1.76. The lowest BCUT2D eigenvalue weighted by atomic mass is 10.1. The molecule has 1 aromatic carbocycles. The number of hydrogen-bond donors (Lipinski definition) is 0. The predicted molar refractivity (Wildman–Crippen MR) is 64.2 cm³/mol. The van der Waals surface area contributed by atoms with E-state index >= 15 is 0 Å². The van der Waals surface area contributed by atoms with E-state index in [1.54, 1.807) is 13.0 Å². The molecule has 3 nitrogen and oxygen atoms in total. The van der Waals surface area contributed by atoms with Gasteiger partial charge in [-0.1, -0.05) is 11.6 Å². The Morgan fingerprint density at radius 2 is 2.31 bits per heavy atom. The lowest BCUT2D eigenvalue weighted by molar-refractivity contribution is -0.142. The van der Waals surface area contributed by atoms with Gasteiger partial charge in [-0.05, 0) is 40.5 Å². The van der Waals surface area contributed by atoms with Gasteiger partial charge in [0, 0.05) is 4.47 Å². The van der Waals surface area contributed by atoms with Crippen LogP contribution in [0.4, 0.5) is 0 Å². The number of rotatable bonds is 3. The molecule has 84 valence electrons. The third-order valence-electron chi connectivity index (χ3n) is 1.91. The molecule has 0 aliphatic carbocycles. The maximum absolute atomic E-state index is 11.3. The number of nitrogens with zero attached hydrogens (tertiary/aromatic N) is 1. The number of halogens is 2. The van der Waals surface area contributed by atoms with Crippen molar-refractivity contribution in [3.8, 4) is 6.07 Å². The molecule has 5 heteroatoms. The smallest absolute Gasteiger partial charge is 0.310 e. The fraction of sp³-hybridized carbons (Fsp3) is 0.273. The van der Waals surface area contributed by atoms with Gasteiger partial charge in [-0.3, -0.25) is 4.79 Å². The summed E-state index contributed by atoms with van der Waals surface area (Å²) in [5.41, 5.74) is 0.999. The van der Waals surface area contributed by atoms with E-state index in [1.807, 2.05) is 6.07 Å². The summed E-state index contributed by atoms with van der Waals surface area (Å²) in [4.78, 5) is 11.3. The van der Waals surface area contributed by atoms with Gasteiger partial charge in [-0.25, -0.2) is 0 Å². The molecule has 0 radical (unpaired) electrons. The van der Waals surface area contributed by atoms with Gasteiger partial charge in [0.15, 0.2) is 0 Å². The normalized spacial score (nSPS) is 9.62. The zero-order valence-electron chi connectivity index (χ0n) is 8.59. The molecule has 0 fully saturated rings. The first-order valence-corrected chi connectivity index (χ1v) is 5.79. The van der Waals surface area contributed by atoms with Gasteiger partial charge < -0.3 is 4.74 Å². The largest absolute Gasteiger partial charge is 0.466 e. The highest BCUT2D eigenvalue weighted by Crippen LogP contribution is 2.26. The molecule has 0 saturated heterocycles. The van der Waals surface area contributed by atoms with Gasteiger partial charge in [0.1, 0.15) is 0 Å². The second kappa shape index (κ2) is 5.88. The summed E-state index contributed by atoms with van der Waals surface area (Å²) in [7, 11) is 0. The summed E-state index contributed by atoms with van der Waals surface area (Å²) in [6.45, 7) is 2.07. The first-order valence-electron chi connectivity index (χ1n) is 4.62. The Hall–Kier alpha value is -1.05. The molecule has 0 bridgehead atoms. The summed E-state index contributed by atoms with van der Waals surface area (Å²) in [5.74, 6) is -0.353. The van der Waals surface area contributed by atoms with Crippen LogP contribution in [0.15, 0.2) is 16.6 Å². The minimum absolute atomic E-state index is 0.0759. The number of hydrogen-bond acceptors (Lipinski definition) is 3. The standard InChI is InChI=1S/C11H9BrClNO2/c1-2-16-11(15)5-7-3-9(12)10(13)4-8(7)6-14/h3-4H,2,5H2,1H3. The summed E-state index contributed by atoms with van der Waals surface area (Å²) in [5, 5.41) is 9.35. The lowest BCUT2D eigenvalue weighted by Crippen LogP contribution is -2.08. The van der Waals surface area contributed by atoms with Crippen LogP contribution in [0, 0.1) is 11.3 Å². The summed E-state index contributed by atoms with van der Waals surface area (Å²) >= 11 is 9.09. The Morgan fingerprint density at radius 3 is 2.88 bits per heavy atom. The third kappa shape index (κ3) is 3.22. The number of carbonyl (C=O) groups is 1. The second-order valence-electron chi connectivity index (χ2n) is 3.02. The third-order valence-corrected chi connectivity index (χ3v) is 3.10. The molecule has 0 aliphatic heterocycles. The van der Waals surface area contributed by atoms with E-state index in [9.17, 15) is 4.79 Å². The van der Waals surface area contributed by atoms with Crippen LogP contribution < -0.4 is 0 Å². The van der Waals surface area contributed by atoms with Crippen LogP contribution in [0.3, 0.4) is 0 Å². The van der Waals surface area contributed by atoms with E-state index in [0.29, 0.717) is 27.2 Å². The van der Waals surface area contributed by atoms with E-state index in [2.05, 4.69) is 15.9 Å². The fourth-order valence-electron chi connectivity index (χ4n) is 1.21.